The lowest BCUT2D eigenvalue weighted by molar-refractivity contribution is -0.120. The second-order valence-corrected chi connectivity index (χ2v) is 6.20. The van der Waals surface area contributed by atoms with E-state index in [1.807, 2.05) is 32.3 Å². The maximum Gasteiger partial charge on any atom is 0.219 e. The number of amides is 1. The van der Waals surface area contributed by atoms with Gasteiger partial charge in [0.25, 0.3) is 0 Å². The van der Waals surface area contributed by atoms with Crippen molar-refractivity contribution in [2.75, 3.05) is 6.61 Å². The molecule has 0 saturated carbocycles. The van der Waals surface area contributed by atoms with Crippen LogP contribution in [0.1, 0.15) is 47.1 Å². The highest BCUT2D eigenvalue weighted by Crippen LogP contribution is 2.20. The van der Waals surface area contributed by atoms with E-state index in [9.17, 15) is 4.79 Å². The molecule has 118 valence electrons. The quantitative estimate of drug-likeness (QED) is 0.841. The summed E-state index contributed by atoms with van der Waals surface area (Å²) in [5.74, 6) is 1.18. The van der Waals surface area contributed by atoms with Crippen molar-refractivity contribution in [3.8, 4) is 5.88 Å². The molecule has 5 nitrogen and oxygen atoms in total. The minimum atomic E-state index is -0.431. The zero-order chi connectivity index (χ0) is 16.0. The average molecular weight is 293 g/mol. The molecular formula is C16H27N3O2. The van der Waals surface area contributed by atoms with Crippen molar-refractivity contribution in [3.05, 3.63) is 17.8 Å². The molecule has 1 N–H and O–H groups in total. The topological polar surface area (TPSA) is 56.2 Å². The van der Waals surface area contributed by atoms with Gasteiger partial charge in [-0.1, -0.05) is 20.8 Å². The highest BCUT2D eigenvalue weighted by atomic mass is 16.5. The van der Waals surface area contributed by atoms with E-state index in [-0.39, 0.29) is 5.91 Å². The molecule has 0 unspecified atom stereocenters. The molecule has 1 aromatic rings. The standard InChI is InChI=1S/C16H27N3O2/c1-7-14-10-17-19(15(14)21-11-12(2)3)9-8-16(5,6)18-13(4)20/h8-10,12H,7,11H2,1-6H3,(H,18,20)/b9-8+. The molecule has 0 radical (unpaired) electrons. The van der Waals surface area contributed by atoms with Crippen LogP contribution >= 0.6 is 0 Å². The van der Waals surface area contributed by atoms with Gasteiger partial charge in [-0.25, -0.2) is 4.68 Å². The molecule has 5 heteroatoms. The second kappa shape index (κ2) is 7.29. The third-order valence-corrected chi connectivity index (χ3v) is 2.89. The molecule has 0 saturated heterocycles. The molecule has 1 aromatic heterocycles. The van der Waals surface area contributed by atoms with Gasteiger partial charge in [-0.2, -0.15) is 5.10 Å². The van der Waals surface area contributed by atoms with Crippen LogP contribution in [0.3, 0.4) is 0 Å². The molecule has 1 rings (SSSR count). The van der Waals surface area contributed by atoms with Crippen molar-refractivity contribution in [2.24, 2.45) is 5.92 Å². The number of nitrogens with zero attached hydrogens (tertiary/aromatic N) is 2. The summed E-state index contributed by atoms with van der Waals surface area (Å²) in [6.45, 7) is 12.3. The summed E-state index contributed by atoms with van der Waals surface area (Å²) in [5, 5.41) is 7.21. The Morgan fingerprint density at radius 1 is 1.52 bits per heavy atom. The fourth-order valence-corrected chi connectivity index (χ4v) is 1.89. The maximum absolute atomic E-state index is 11.2. The summed E-state index contributed by atoms with van der Waals surface area (Å²) in [5.41, 5.74) is 0.650. The molecule has 0 aliphatic carbocycles. The monoisotopic (exact) mass is 293 g/mol. The molecule has 0 bridgehead atoms. The van der Waals surface area contributed by atoms with Crippen LogP contribution in [0.15, 0.2) is 12.3 Å². The summed E-state index contributed by atoms with van der Waals surface area (Å²) < 4.78 is 7.60. The first-order valence-corrected chi connectivity index (χ1v) is 7.42. The van der Waals surface area contributed by atoms with Crippen LogP contribution in [0, 0.1) is 5.92 Å². The largest absolute Gasteiger partial charge is 0.477 e. The van der Waals surface area contributed by atoms with Gasteiger partial charge in [0.15, 0.2) is 0 Å². The number of nitrogens with one attached hydrogen (secondary N) is 1. The zero-order valence-electron chi connectivity index (χ0n) is 13.9. The number of carbonyl (C=O) groups excluding carboxylic acids is 1. The molecule has 0 aliphatic rings. The number of aryl methyl sites for hydroxylation is 1. The number of aromatic nitrogens is 2. The minimum Gasteiger partial charge on any atom is -0.477 e. The molecular weight excluding hydrogens is 266 g/mol. The highest BCUT2D eigenvalue weighted by molar-refractivity contribution is 5.74. The van der Waals surface area contributed by atoms with Crippen molar-refractivity contribution < 1.29 is 9.53 Å². The molecule has 0 aliphatic heterocycles. The van der Waals surface area contributed by atoms with Crippen LogP contribution in [0.25, 0.3) is 6.20 Å². The second-order valence-electron chi connectivity index (χ2n) is 6.20. The Bertz CT molecular complexity index is 502. The van der Waals surface area contributed by atoms with Gasteiger partial charge < -0.3 is 10.1 Å². The first-order valence-electron chi connectivity index (χ1n) is 7.42. The van der Waals surface area contributed by atoms with E-state index in [0.717, 1.165) is 17.9 Å². The molecule has 21 heavy (non-hydrogen) atoms. The Morgan fingerprint density at radius 3 is 2.71 bits per heavy atom. The Balaban J connectivity index is 2.92. The smallest absolute Gasteiger partial charge is 0.219 e. The van der Waals surface area contributed by atoms with Gasteiger partial charge >= 0.3 is 0 Å². The molecule has 0 atom stereocenters. The minimum absolute atomic E-state index is 0.0596. The van der Waals surface area contributed by atoms with Crippen LogP contribution in [0.2, 0.25) is 0 Å². The third-order valence-electron chi connectivity index (χ3n) is 2.89. The SMILES string of the molecule is CCc1cnn(/C=C/C(C)(C)NC(C)=O)c1OCC(C)C. The Kier molecular flexibility index (Phi) is 6.00. The van der Waals surface area contributed by atoms with E-state index < -0.39 is 5.54 Å². The highest BCUT2D eigenvalue weighted by Gasteiger charge is 2.16. The van der Waals surface area contributed by atoms with Crippen LogP contribution in [0.4, 0.5) is 0 Å². The number of hydrogen-bond acceptors (Lipinski definition) is 3. The van der Waals surface area contributed by atoms with Crippen molar-refractivity contribution >= 4 is 12.1 Å². The van der Waals surface area contributed by atoms with Crippen LogP contribution in [0.5, 0.6) is 5.88 Å². The molecule has 0 spiro atoms. The summed E-state index contributed by atoms with van der Waals surface area (Å²) in [4.78, 5) is 11.2. The number of carbonyl (C=O) groups is 1. The lowest BCUT2D eigenvalue weighted by atomic mass is 10.1. The van der Waals surface area contributed by atoms with Crippen molar-refractivity contribution in [2.45, 2.75) is 53.5 Å². The van der Waals surface area contributed by atoms with Crippen LogP contribution < -0.4 is 10.1 Å². The summed E-state index contributed by atoms with van der Waals surface area (Å²) >= 11 is 0. The van der Waals surface area contributed by atoms with Crippen molar-refractivity contribution in [3.63, 3.8) is 0 Å². The van der Waals surface area contributed by atoms with Gasteiger partial charge in [0, 0.05) is 18.7 Å². The zero-order valence-corrected chi connectivity index (χ0v) is 13.9. The molecule has 1 amide bonds. The van der Waals surface area contributed by atoms with Gasteiger partial charge in [0.05, 0.1) is 18.3 Å². The number of rotatable bonds is 7. The van der Waals surface area contributed by atoms with E-state index >= 15 is 0 Å². The van der Waals surface area contributed by atoms with Gasteiger partial charge in [-0.05, 0) is 32.3 Å². The summed E-state index contributed by atoms with van der Waals surface area (Å²) in [6, 6.07) is 0. The lowest BCUT2D eigenvalue weighted by Crippen LogP contribution is -2.40. The normalized spacial score (nSPS) is 12.1. The predicted molar refractivity (Wildman–Crippen MR) is 85.2 cm³/mol. The van der Waals surface area contributed by atoms with E-state index in [1.54, 1.807) is 4.68 Å². The van der Waals surface area contributed by atoms with E-state index in [1.165, 1.54) is 6.92 Å². The lowest BCUT2D eigenvalue weighted by Gasteiger charge is -2.21. The van der Waals surface area contributed by atoms with Gasteiger partial charge in [0.1, 0.15) is 0 Å². The Labute approximate surface area is 127 Å². The summed E-state index contributed by atoms with van der Waals surface area (Å²) in [7, 11) is 0. The van der Waals surface area contributed by atoms with Gasteiger partial charge in [-0.15, -0.1) is 0 Å². The predicted octanol–water partition coefficient (Wildman–Crippen LogP) is 2.87. The van der Waals surface area contributed by atoms with Gasteiger partial charge in [0.2, 0.25) is 11.8 Å². The van der Waals surface area contributed by atoms with Crippen molar-refractivity contribution in [1.82, 2.24) is 15.1 Å². The fourth-order valence-electron chi connectivity index (χ4n) is 1.89. The molecule has 0 fully saturated rings. The van der Waals surface area contributed by atoms with Crippen LogP contribution in [-0.4, -0.2) is 27.8 Å². The van der Waals surface area contributed by atoms with E-state index in [0.29, 0.717) is 12.5 Å². The number of ether oxygens (including phenoxy) is 1. The van der Waals surface area contributed by atoms with E-state index in [4.69, 9.17) is 4.74 Å². The Morgan fingerprint density at radius 2 is 2.19 bits per heavy atom. The fraction of sp³-hybridized carbons (Fsp3) is 0.625. The summed E-state index contributed by atoms with van der Waals surface area (Å²) in [6.07, 6.45) is 6.44. The first-order chi connectivity index (χ1) is 9.75. The van der Waals surface area contributed by atoms with Crippen molar-refractivity contribution in [1.29, 1.82) is 0 Å². The average Bonchev–Trinajstić information content (AvgIpc) is 2.74. The molecule has 0 aromatic carbocycles. The Hall–Kier alpha value is -1.78. The third kappa shape index (κ3) is 5.61. The molecule has 1 heterocycles. The van der Waals surface area contributed by atoms with E-state index in [2.05, 4.69) is 31.2 Å². The maximum atomic E-state index is 11.2. The first kappa shape index (κ1) is 17.3. The number of hydrogen-bond donors (Lipinski definition) is 1. The van der Waals surface area contributed by atoms with Crippen LogP contribution in [-0.2, 0) is 11.2 Å². The van der Waals surface area contributed by atoms with Gasteiger partial charge in [-0.3, -0.25) is 4.79 Å².